The number of benzene rings is 7. The topological polar surface area (TPSA) is 51.8 Å². The first-order valence-electron chi connectivity index (χ1n) is 16.6. The summed E-state index contributed by atoms with van der Waals surface area (Å²) in [7, 11) is 0. The highest BCUT2D eigenvalue weighted by atomic mass is 32.1. The van der Waals surface area contributed by atoms with Gasteiger partial charge in [0.25, 0.3) is 0 Å². The van der Waals surface area contributed by atoms with Gasteiger partial charge in [0.05, 0.1) is 0 Å². The molecule has 0 atom stereocenters. The molecule has 0 aliphatic heterocycles. The summed E-state index contributed by atoms with van der Waals surface area (Å²) < 4.78 is 8.82. The summed E-state index contributed by atoms with van der Waals surface area (Å²) in [6, 6.07) is 56.9. The van der Waals surface area contributed by atoms with E-state index in [1.807, 2.05) is 72.0 Å². The largest absolute Gasteiger partial charge is 0.456 e. The van der Waals surface area contributed by atoms with Crippen LogP contribution in [0.15, 0.2) is 168 Å². The normalized spacial score (nSPS) is 11.6. The van der Waals surface area contributed by atoms with Crippen LogP contribution in [0.1, 0.15) is 0 Å². The second-order valence-electron chi connectivity index (χ2n) is 12.4. The van der Waals surface area contributed by atoms with E-state index in [1.54, 1.807) is 0 Å². The van der Waals surface area contributed by atoms with Crippen molar-refractivity contribution in [2.24, 2.45) is 0 Å². The molecule has 0 radical (unpaired) electrons. The molecule has 0 fully saturated rings. The van der Waals surface area contributed by atoms with E-state index in [1.165, 1.54) is 31.3 Å². The van der Waals surface area contributed by atoms with E-state index in [-0.39, 0.29) is 0 Å². The third-order valence-corrected chi connectivity index (χ3v) is 10.5. The van der Waals surface area contributed by atoms with Crippen LogP contribution in [-0.2, 0) is 0 Å². The lowest BCUT2D eigenvalue weighted by atomic mass is 9.95. The minimum Gasteiger partial charge on any atom is -0.456 e. The van der Waals surface area contributed by atoms with Gasteiger partial charge in [-0.05, 0) is 52.6 Å². The zero-order valence-corrected chi connectivity index (χ0v) is 27.6. The van der Waals surface area contributed by atoms with Gasteiger partial charge >= 0.3 is 0 Å². The molecule has 0 amide bonds. The van der Waals surface area contributed by atoms with E-state index in [2.05, 4.69) is 103 Å². The van der Waals surface area contributed by atoms with Gasteiger partial charge in [0, 0.05) is 47.6 Å². The summed E-state index contributed by atoms with van der Waals surface area (Å²) in [6.45, 7) is 0. The highest BCUT2D eigenvalue weighted by Crippen LogP contribution is 2.41. The molecule has 0 spiro atoms. The highest BCUT2D eigenvalue weighted by Gasteiger charge is 2.18. The summed E-state index contributed by atoms with van der Waals surface area (Å²) in [5.41, 5.74) is 9.16. The fraction of sp³-hybridized carbons (Fsp3) is 0. The van der Waals surface area contributed by atoms with Crippen LogP contribution in [0.2, 0.25) is 0 Å². The summed E-state index contributed by atoms with van der Waals surface area (Å²) in [4.78, 5) is 15.1. The van der Waals surface area contributed by atoms with E-state index >= 15 is 0 Å². The van der Waals surface area contributed by atoms with Crippen molar-refractivity contribution in [3.63, 3.8) is 0 Å². The van der Waals surface area contributed by atoms with Gasteiger partial charge in [-0.3, -0.25) is 0 Å². The van der Waals surface area contributed by atoms with Gasteiger partial charge < -0.3 is 4.42 Å². The number of hydrogen-bond donors (Lipinski definition) is 0. The summed E-state index contributed by atoms with van der Waals surface area (Å²) in [6.07, 6.45) is 0. The van der Waals surface area contributed by atoms with Gasteiger partial charge in [-0.1, -0.05) is 133 Å². The third kappa shape index (κ3) is 4.79. The molecule has 0 saturated carbocycles. The quantitative estimate of drug-likeness (QED) is 0.185. The Balaban J connectivity index is 1.07. The molecule has 0 aliphatic carbocycles. The number of aromatic nitrogens is 3. The van der Waals surface area contributed by atoms with Crippen LogP contribution >= 0.6 is 11.3 Å². The SMILES string of the molecule is c1ccc(-c2nc(-c3ccc(-c4cccc(-c5cccc6sc7ccccc7c56)c4)cc3)nc(-c3cccc4oc5ccccc5c34)n2)cc1. The minimum absolute atomic E-state index is 0.609. The predicted octanol–water partition coefficient (Wildman–Crippen LogP) is 12.5. The van der Waals surface area contributed by atoms with Crippen molar-refractivity contribution in [1.29, 1.82) is 0 Å². The summed E-state index contributed by atoms with van der Waals surface area (Å²) >= 11 is 1.85. The standard InChI is InChI=1S/C45H27N3OS/c1-2-11-29(12-3-1)43-46-44(48-45(47-43)36-18-9-20-38-41(36)34-15-4-6-19-37(34)49-38)30-25-23-28(24-26-30)31-13-8-14-32(27-31)33-17-10-22-40-42(33)35-16-5-7-21-39(35)50-40/h1-27H. The lowest BCUT2D eigenvalue weighted by Gasteiger charge is -2.11. The zero-order valence-electron chi connectivity index (χ0n) is 26.7. The van der Waals surface area contributed by atoms with Crippen LogP contribution in [0.4, 0.5) is 0 Å². The smallest absolute Gasteiger partial charge is 0.164 e. The predicted molar refractivity (Wildman–Crippen MR) is 207 cm³/mol. The number of rotatable bonds is 5. The summed E-state index contributed by atoms with van der Waals surface area (Å²) in [5.74, 6) is 1.86. The van der Waals surface area contributed by atoms with Crippen LogP contribution in [0.3, 0.4) is 0 Å². The summed E-state index contributed by atoms with van der Waals surface area (Å²) in [5, 5.41) is 4.66. The molecule has 0 bridgehead atoms. The van der Waals surface area contributed by atoms with Crippen LogP contribution in [0.25, 0.3) is 98.5 Å². The first-order valence-corrected chi connectivity index (χ1v) is 17.4. The Morgan fingerprint density at radius 3 is 1.80 bits per heavy atom. The second kappa shape index (κ2) is 11.6. The maximum atomic E-state index is 6.20. The van der Waals surface area contributed by atoms with E-state index in [4.69, 9.17) is 19.4 Å². The average molecular weight is 658 g/mol. The molecule has 0 N–H and O–H groups in total. The molecular formula is C45H27N3OS. The molecule has 0 saturated heterocycles. The van der Waals surface area contributed by atoms with E-state index in [0.29, 0.717) is 17.5 Å². The van der Waals surface area contributed by atoms with Crippen LogP contribution in [0.5, 0.6) is 0 Å². The number of nitrogens with zero attached hydrogens (tertiary/aromatic N) is 3. The molecule has 50 heavy (non-hydrogen) atoms. The monoisotopic (exact) mass is 657 g/mol. The molecule has 0 aliphatic rings. The van der Waals surface area contributed by atoms with E-state index in [9.17, 15) is 0 Å². The first kappa shape index (κ1) is 28.6. The van der Waals surface area contributed by atoms with E-state index in [0.717, 1.165) is 49.8 Å². The molecule has 5 heteroatoms. The van der Waals surface area contributed by atoms with Gasteiger partial charge in [0.15, 0.2) is 17.5 Å². The third-order valence-electron chi connectivity index (χ3n) is 9.36. The van der Waals surface area contributed by atoms with Crippen molar-refractivity contribution in [2.75, 3.05) is 0 Å². The van der Waals surface area contributed by atoms with Crippen molar-refractivity contribution in [3.8, 4) is 56.4 Å². The van der Waals surface area contributed by atoms with Crippen LogP contribution in [-0.4, -0.2) is 15.0 Å². The Bertz CT molecular complexity index is 2870. The zero-order chi connectivity index (χ0) is 33.0. The fourth-order valence-corrected chi connectivity index (χ4v) is 8.13. The van der Waals surface area contributed by atoms with Crippen molar-refractivity contribution in [1.82, 2.24) is 15.0 Å². The van der Waals surface area contributed by atoms with Gasteiger partial charge in [-0.15, -0.1) is 11.3 Å². The fourth-order valence-electron chi connectivity index (χ4n) is 7.00. The molecule has 10 rings (SSSR count). The van der Waals surface area contributed by atoms with Gasteiger partial charge in [0.1, 0.15) is 11.2 Å². The Morgan fingerprint density at radius 2 is 0.940 bits per heavy atom. The Morgan fingerprint density at radius 1 is 0.360 bits per heavy atom. The van der Waals surface area contributed by atoms with E-state index < -0.39 is 0 Å². The van der Waals surface area contributed by atoms with Gasteiger partial charge in [-0.25, -0.2) is 15.0 Å². The van der Waals surface area contributed by atoms with Crippen molar-refractivity contribution >= 4 is 53.4 Å². The van der Waals surface area contributed by atoms with Crippen molar-refractivity contribution in [2.45, 2.75) is 0 Å². The van der Waals surface area contributed by atoms with Crippen molar-refractivity contribution < 1.29 is 4.42 Å². The lowest BCUT2D eigenvalue weighted by Crippen LogP contribution is -2.00. The molecule has 7 aromatic carbocycles. The number of hydrogen-bond acceptors (Lipinski definition) is 5. The molecule has 4 nitrogen and oxygen atoms in total. The minimum atomic E-state index is 0.609. The van der Waals surface area contributed by atoms with Crippen molar-refractivity contribution in [3.05, 3.63) is 164 Å². The Kier molecular flexibility index (Phi) is 6.64. The van der Waals surface area contributed by atoms with Crippen LogP contribution in [0, 0.1) is 0 Å². The molecule has 10 aromatic rings. The number of para-hydroxylation sites is 1. The number of fused-ring (bicyclic) bond motifs is 6. The first-order chi connectivity index (χ1) is 24.8. The molecular weight excluding hydrogens is 631 g/mol. The maximum absolute atomic E-state index is 6.20. The number of thiophene rings is 1. The Hall–Kier alpha value is -6.43. The van der Waals surface area contributed by atoms with Crippen LogP contribution < -0.4 is 0 Å². The highest BCUT2D eigenvalue weighted by molar-refractivity contribution is 7.25. The lowest BCUT2D eigenvalue weighted by molar-refractivity contribution is 0.669. The maximum Gasteiger partial charge on any atom is 0.164 e. The molecule has 234 valence electrons. The van der Waals surface area contributed by atoms with Gasteiger partial charge in [-0.2, -0.15) is 0 Å². The average Bonchev–Trinajstić information content (AvgIpc) is 3.77. The molecule has 3 aromatic heterocycles. The Labute approximate surface area is 292 Å². The molecule has 3 heterocycles. The number of furan rings is 1. The second-order valence-corrected chi connectivity index (χ2v) is 13.5. The molecule has 0 unspecified atom stereocenters. The van der Waals surface area contributed by atoms with Gasteiger partial charge in [0.2, 0.25) is 0 Å².